The second kappa shape index (κ2) is 9.16. The molecular formula is C25H30F2N2O3. The number of hydrogen-bond donors (Lipinski definition) is 2. The van der Waals surface area contributed by atoms with Crippen LogP contribution in [0.3, 0.4) is 0 Å². The summed E-state index contributed by atoms with van der Waals surface area (Å²) in [5.74, 6) is -0.598. The fourth-order valence-electron chi connectivity index (χ4n) is 4.75. The molecule has 2 saturated heterocycles. The summed E-state index contributed by atoms with van der Waals surface area (Å²) in [4.78, 5) is 16.5. The molecule has 0 spiro atoms. The molecule has 2 heterocycles. The van der Waals surface area contributed by atoms with Gasteiger partial charge in [-0.3, -0.25) is 0 Å². The van der Waals surface area contributed by atoms with Crippen LogP contribution in [0.2, 0.25) is 0 Å². The van der Waals surface area contributed by atoms with Crippen LogP contribution in [-0.2, 0) is 12.8 Å². The second-order valence-corrected chi connectivity index (χ2v) is 9.31. The normalized spacial score (nSPS) is 20.2. The third-order valence-corrected chi connectivity index (χ3v) is 6.82. The van der Waals surface area contributed by atoms with Crippen molar-refractivity contribution in [3.63, 3.8) is 0 Å². The van der Waals surface area contributed by atoms with E-state index < -0.39 is 11.2 Å². The van der Waals surface area contributed by atoms with Crippen molar-refractivity contribution >= 4 is 6.03 Å². The minimum Gasteiger partial charge on any atom is -0.389 e. The zero-order valence-corrected chi connectivity index (χ0v) is 18.1. The van der Waals surface area contributed by atoms with Gasteiger partial charge in [0, 0.05) is 39.0 Å². The van der Waals surface area contributed by atoms with E-state index >= 15 is 0 Å². The summed E-state index contributed by atoms with van der Waals surface area (Å²) in [6.07, 6.45) is 2.76. The molecule has 0 bridgehead atoms. The first-order valence-electron chi connectivity index (χ1n) is 11.2. The number of urea groups is 1. The number of rotatable bonds is 4. The summed E-state index contributed by atoms with van der Waals surface area (Å²) in [7, 11) is 0. The summed E-state index contributed by atoms with van der Waals surface area (Å²) < 4.78 is 26.2. The third-order valence-electron chi connectivity index (χ3n) is 6.82. The third kappa shape index (κ3) is 5.45. The van der Waals surface area contributed by atoms with Gasteiger partial charge >= 0.3 is 6.03 Å². The van der Waals surface area contributed by atoms with E-state index in [0.717, 1.165) is 11.1 Å². The first-order valence-corrected chi connectivity index (χ1v) is 11.2. The van der Waals surface area contributed by atoms with Gasteiger partial charge in [-0.25, -0.2) is 13.6 Å². The number of likely N-dealkylation sites (tertiary alicyclic amines) is 2. The average molecular weight is 445 g/mol. The molecule has 2 aromatic carbocycles. The lowest BCUT2D eigenvalue weighted by atomic mass is 9.84. The number of benzene rings is 2. The second-order valence-electron chi connectivity index (χ2n) is 9.31. The molecule has 2 fully saturated rings. The lowest BCUT2D eigenvalue weighted by Crippen LogP contribution is -2.55. The highest BCUT2D eigenvalue weighted by Crippen LogP contribution is 2.30. The molecule has 0 saturated carbocycles. The average Bonchev–Trinajstić information content (AvgIpc) is 2.77. The molecule has 172 valence electrons. The smallest absolute Gasteiger partial charge is 0.320 e. The monoisotopic (exact) mass is 444 g/mol. The topological polar surface area (TPSA) is 64.0 Å². The summed E-state index contributed by atoms with van der Waals surface area (Å²) in [5.41, 5.74) is -0.0343. The zero-order chi connectivity index (χ0) is 22.8. The van der Waals surface area contributed by atoms with Crippen LogP contribution in [-0.4, -0.2) is 63.4 Å². The van der Waals surface area contributed by atoms with E-state index in [2.05, 4.69) is 0 Å². The Hall–Kier alpha value is -2.51. The minimum atomic E-state index is -0.897. The van der Waals surface area contributed by atoms with Crippen molar-refractivity contribution in [3.8, 4) is 0 Å². The maximum atomic E-state index is 13.1. The lowest BCUT2D eigenvalue weighted by molar-refractivity contribution is -0.0277. The molecule has 0 unspecified atom stereocenters. The quantitative estimate of drug-likeness (QED) is 0.759. The molecule has 2 amide bonds. The van der Waals surface area contributed by atoms with Crippen LogP contribution in [0.15, 0.2) is 48.5 Å². The van der Waals surface area contributed by atoms with Crippen LogP contribution >= 0.6 is 0 Å². The molecule has 4 rings (SSSR count). The number of halogens is 2. The van der Waals surface area contributed by atoms with E-state index in [9.17, 15) is 23.8 Å². The molecule has 0 aromatic heterocycles. The van der Waals surface area contributed by atoms with Gasteiger partial charge < -0.3 is 20.0 Å². The first-order chi connectivity index (χ1) is 15.2. The highest BCUT2D eigenvalue weighted by molar-refractivity contribution is 5.74. The fraction of sp³-hybridized carbons (Fsp3) is 0.480. The van der Waals surface area contributed by atoms with Gasteiger partial charge in [-0.15, -0.1) is 0 Å². The maximum absolute atomic E-state index is 13.1. The molecule has 0 atom stereocenters. The van der Waals surface area contributed by atoms with E-state index in [-0.39, 0.29) is 17.7 Å². The van der Waals surface area contributed by atoms with Crippen molar-refractivity contribution in [2.45, 2.75) is 49.7 Å². The van der Waals surface area contributed by atoms with Crippen LogP contribution < -0.4 is 0 Å². The highest BCUT2D eigenvalue weighted by atomic mass is 19.1. The Morgan fingerprint density at radius 1 is 0.688 bits per heavy atom. The summed E-state index contributed by atoms with van der Waals surface area (Å²) in [6, 6.07) is 12.3. The molecule has 7 heteroatoms. The lowest BCUT2D eigenvalue weighted by Gasteiger charge is -2.43. The fourth-order valence-corrected chi connectivity index (χ4v) is 4.75. The van der Waals surface area contributed by atoms with E-state index in [1.165, 1.54) is 24.3 Å². The Bertz CT molecular complexity index is 842. The van der Waals surface area contributed by atoms with Gasteiger partial charge in [-0.05, 0) is 61.1 Å². The van der Waals surface area contributed by atoms with Gasteiger partial charge in [0.05, 0.1) is 11.2 Å². The number of piperidine rings is 2. The van der Waals surface area contributed by atoms with Crippen molar-refractivity contribution in [2.24, 2.45) is 0 Å². The molecule has 2 aliphatic heterocycles. The number of nitrogens with zero attached hydrogens (tertiary/aromatic N) is 2. The maximum Gasteiger partial charge on any atom is 0.320 e. The number of hydrogen-bond acceptors (Lipinski definition) is 3. The molecule has 2 aliphatic rings. The van der Waals surface area contributed by atoms with Crippen LogP contribution in [0.4, 0.5) is 13.6 Å². The molecule has 2 N–H and O–H groups in total. The largest absolute Gasteiger partial charge is 0.389 e. The van der Waals surface area contributed by atoms with Gasteiger partial charge in [0.15, 0.2) is 0 Å². The summed E-state index contributed by atoms with van der Waals surface area (Å²) in [5, 5.41) is 21.9. The van der Waals surface area contributed by atoms with Crippen LogP contribution in [0.1, 0.15) is 36.8 Å². The molecule has 32 heavy (non-hydrogen) atoms. The molecule has 0 radical (unpaired) electrons. The number of carbonyl (C=O) groups excluding carboxylic acids is 1. The SMILES string of the molecule is O=C(N1CCC(O)(Cc2ccc(F)cc2)CC1)N1CCC(O)(Cc2ccc(F)cc2)CC1. The molecule has 2 aromatic rings. The van der Waals surface area contributed by atoms with E-state index in [1.807, 2.05) is 0 Å². The molecular weight excluding hydrogens is 414 g/mol. The van der Waals surface area contributed by atoms with Crippen molar-refractivity contribution in [2.75, 3.05) is 26.2 Å². The van der Waals surface area contributed by atoms with E-state index in [1.54, 1.807) is 34.1 Å². The number of carbonyl (C=O) groups is 1. The highest BCUT2D eigenvalue weighted by Gasteiger charge is 2.38. The van der Waals surface area contributed by atoms with Crippen molar-refractivity contribution < 1.29 is 23.8 Å². The Morgan fingerprint density at radius 2 is 1.00 bits per heavy atom. The standard InChI is InChI=1S/C25H30F2N2O3/c26-21-5-1-19(2-6-21)17-24(31)9-13-28(14-10-24)23(30)29-15-11-25(32,12-16-29)18-20-3-7-22(27)8-4-20/h1-8,31-32H,9-18H2. The number of aliphatic hydroxyl groups is 2. The predicted octanol–water partition coefficient (Wildman–Crippen LogP) is 3.52. The molecule has 5 nitrogen and oxygen atoms in total. The summed E-state index contributed by atoms with van der Waals surface area (Å²) >= 11 is 0. The minimum absolute atomic E-state index is 0.0577. The van der Waals surface area contributed by atoms with Crippen molar-refractivity contribution in [3.05, 3.63) is 71.3 Å². The van der Waals surface area contributed by atoms with Gasteiger partial charge in [-0.1, -0.05) is 24.3 Å². The predicted molar refractivity (Wildman–Crippen MR) is 117 cm³/mol. The van der Waals surface area contributed by atoms with Crippen molar-refractivity contribution in [1.29, 1.82) is 0 Å². The summed E-state index contributed by atoms with van der Waals surface area (Å²) in [6.45, 7) is 1.86. The van der Waals surface area contributed by atoms with Gasteiger partial charge in [0.2, 0.25) is 0 Å². The Labute approximate surface area is 187 Å². The van der Waals surface area contributed by atoms with E-state index in [0.29, 0.717) is 64.7 Å². The van der Waals surface area contributed by atoms with Gasteiger partial charge in [0.25, 0.3) is 0 Å². The zero-order valence-electron chi connectivity index (χ0n) is 18.1. The Balaban J connectivity index is 1.26. The number of amides is 2. The Morgan fingerprint density at radius 3 is 1.31 bits per heavy atom. The van der Waals surface area contributed by atoms with E-state index in [4.69, 9.17) is 0 Å². The van der Waals surface area contributed by atoms with Crippen LogP contribution in [0.5, 0.6) is 0 Å². The Kier molecular flexibility index (Phi) is 6.49. The van der Waals surface area contributed by atoms with Crippen molar-refractivity contribution in [1.82, 2.24) is 9.80 Å². The van der Waals surface area contributed by atoms with Gasteiger partial charge in [0.1, 0.15) is 11.6 Å². The van der Waals surface area contributed by atoms with Crippen LogP contribution in [0, 0.1) is 11.6 Å². The molecule has 0 aliphatic carbocycles. The van der Waals surface area contributed by atoms with Gasteiger partial charge in [-0.2, -0.15) is 0 Å². The van der Waals surface area contributed by atoms with Crippen LogP contribution in [0.25, 0.3) is 0 Å². The first kappa shape index (κ1) is 22.7.